The van der Waals surface area contributed by atoms with Crippen molar-refractivity contribution in [3.05, 3.63) is 104 Å². The summed E-state index contributed by atoms with van der Waals surface area (Å²) in [5, 5.41) is 24.2. The number of aromatic nitrogens is 4. The van der Waals surface area contributed by atoms with Crippen LogP contribution in [0.25, 0.3) is 15.4 Å². The number of carbonyl (C=O) groups is 4. The molecule has 1 fully saturated rings. The third-order valence-corrected chi connectivity index (χ3v) is 15.4. The number of aliphatic imine (C=N–C) groups is 1. The number of aryl methyl sites for hydroxylation is 3. The number of thiazole rings is 1. The van der Waals surface area contributed by atoms with Crippen molar-refractivity contribution in [2.24, 2.45) is 16.3 Å². The largest absolute Gasteiger partial charge is 0.391 e. The van der Waals surface area contributed by atoms with Gasteiger partial charge in [-0.1, -0.05) is 68.8 Å². The summed E-state index contributed by atoms with van der Waals surface area (Å²) >= 11 is 9.49. The molecule has 5 heterocycles. The van der Waals surface area contributed by atoms with Gasteiger partial charge in [0.1, 0.15) is 29.5 Å². The molecule has 2 N–H and O–H groups in total. The van der Waals surface area contributed by atoms with Crippen LogP contribution < -0.4 is 5.32 Å². The first-order chi connectivity index (χ1) is 32.8. The highest BCUT2D eigenvalue weighted by Gasteiger charge is 2.45. The topological polar surface area (TPSA) is 181 Å². The Morgan fingerprint density at radius 2 is 1.67 bits per heavy atom. The molecule has 5 aromatic rings. The molecule has 2 aliphatic heterocycles. The maximum absolute atomic E-state index is 14.2. The van der Waals surface area contributed by atoms with Crippen molar-refractivity contribution in [2.75, 3.05) is 46.6 Å². The number of benzene rings is 2. The van der Waals surface area contributed by atoms with Gasteiger partial charge in [-0.15, -0.1) is 32.9 Å². The highest BCUT2D eigenvalue weighted by molar-refractivity contribution is 7.15. The van der Waals surface area contributed by atoms with E-state index in [9.17, 15) is 24.3 Å². The zero-order chi connectivity index (χ0) is 49.7. The summed E-state index contributed by atoms with van der Waals surface area (Å²) in [6.45, 7) is 16.7. The number of aliphatic hydroxyl groups excluding tert-OH is 1. The van der Waals surface area contributed by atoms with Crippen LogP contribution >= 0.6 is 34.3 Å². The van der Waals surface area contributed by atoms with Gasteiger partial charge in [0.2, 0.25) is 17.7 Å². The molecule has 15 nitrogen and oxygen atoms in total. The van der Waals surface area contributed by atoms with Crippen LogP contribution in [0.1, 0.15) is 110 Å². The third-order valence-electron chi connectivity index (χ3n) is 13.0. The summed E-state index contributed by atoms with van der Waals surface area (Å²) < 4.78 is 13.5. The molecule has 5 atom stereocenters. The predicted molar refractivity (Wildman–Crippen MR) is 269 cm³/mol. The van der Waals surface area contributed by atoms with Gasteiger partial charge in [-0.25, -0.2) is 4.98 Å². The Bertz CT molecular complexity index is 2670. The molecule has 69 heavy (non-hydrogen) atoms. The zero-order valence-electron chi connectivity index (χ0n) is 40.9. The molecule has 3 amide bonds. The van der Waals surface area contributed by atoms with E-state index >= 15 is 0 Å². The first kappa shape index (κ1) is 51.7. The highest BCUT2D eigenvalue weighted by atomic mass is 35.5. The van der Waals surface area contributed by atoms with Crippen molar-refractivity contribution in [1.82, 2.24) is 34.9 Å². The number of ether oxygens (including phenoxy) is 2. The average molecular weight is 1000 g/mol. The molecule has 1 unspecified atom stereocenters. The molecule has 0 bridgehead atoms. The molecule has 368 valence electrons. The first-order valence-electron chi connectivity index (χ1n) is 23.4. The lowest BCUT2D eigenvalue weighted by Crippen LogP contribution is -2.50. The molecule has 0 saturated carbocycles. The van der Waals surface area contributed by atoms with Gasteiger partial charge in [0.05, 0.1) is 53.6 Å². The lowest BCUT2D eigenvalue weighted by atomic mass is 9.77. The zero-order valence-corrected chi connectivity index (χ0v) is 43.3. The lowest BCUT2D eigenvalue weighted by molar-refractivity contribution is -0.147. The summed E-state index contributed by atoms with van der Waals surface area (Å²) in [4.78, 5) is 69.8. The minimum atomic E-state index is -0.874. The minimum Gasteiger partial charge on any atom is -0.391 e. The second kappa shape index (κ2) is 22.3. The number of Topliss-reactive ketones (excluding diaryl/α,β-unsaturated/α-hetero) is 1. The highest BCUT2D eigenvalue weighted by Crippen LogP contribution is 2.40. The second-order valence-corrected chi connectivity index (χ2v) is 21.6. The number of aliphatic hydroxyl groups is 1. The van der Waals surface area contributed by atoms with Crippen molar-refractivity contribution >= 4 is 63.5 Å². The number of thiophene rings is 1. The summed E-state index contributed by atoms with van der Waals surface area (Å²) in [5.74, 6) is -0.433. The molecular formula is C51H63ClN8O7S2. The number of hydrogen-bond acceptors (Lipinski definition) is 13. The maximum Gasteiger partial charge on any atom is 0.243 e. The van der Waals surface area contributed by atoms with Crippen molar-refractivity contribution in [2.45, 2.75) is 105 Å². The fourth-order valence-corrected chi connectivity index (χ4v) is 11.0. The predicted octanol–water partition coefficient (Wildman–Crippen LogP) is 7.96. The van der Waals surface area contributed by atoms with Crippen molar-refractivity contribution in [3.8, 4) is 15.4 Å². The molecule has 3 aromatic heterocycles. The fourth-order valence-electron chi connectivity index (χ4n) is 8.84. The van der Waals surface area contributed by atoms with Crippen LogP contribution in [0.2, 0.25) is 5.02 Å². The molecule has 0 aliphatic carbocycles. The van der Waals surface area contributed by atoms with Crippen LogP contribution in [0.4, 0.5) is 0 Å². The number of hydrogen-bond donors (Lipinski definition) is 2. The Kier molecular flexibility index (Phi) is 16.7. The SMILES string of the molecule is Cc1ncsc1-c1ccc([C@H](C)NC(=O)[C@@H]2C[C@@H](O)CN2C(=O)C(CC(=O)COCCOCCCN(C)C(=O)C[C@@H]2N=C(c3ccc(Cl)cc3)c3c(sc(C)c3C)-n3c(C)nnc32)C(C)(C)C)cc1. The Labute approximate surface area is 417 Å². The molecule has 18 heteroatoms. The minimum absolute atomic E-state index is 0.00743. The van der Waals surface area contributed by atoms with E-state index in [2.05, 4.69) is 34.3 Å². The normalized spacial score (nSPS) is 17.7. The van der Waals surface area contributed by atoms with E-state index in [0.29, 0.717) is 30.4 Å². The molecule has 2 aromatic carbocycles. The molecule has 0 radical (unpaired) electrons. The third kappa shape index (κ3) is 12.1. The summed E-state index contributed by atoms with van der Waals surface area (Å²) in [7, 11) is 1.77. The number of amides is 3. The number of likely N-dealkylation sites (tertiary alicyclic amines) is 1. The van der Waals surface area contributed by atoms with E-state index in [-0.39, 0.29) is 75.2 Å². The van der Waals surface area contributed by atoms with Gasteiger partial charge in [0.15, 0.2) is 11.6 Å². The number of ketones is 1. The summed E-state index contributed by atoms with van der Waals surface area (Å²) in [5.41, 5.74) is 7.94. The Morgan fingerprint density at radius 3 is 2.35 bits per heavy atom. The van der Waals surface area contributed by atoms with E-state index in [1.54, 1.807) is 34.6 Å². The van der Waals surface area contributed by atoms with Crippen LogP contribution in [-0.2, 0) is 28.7 Å². The van der Waals surface area contributed by atoms with Crippen molar-refractivity contribution < 1.29 is 33.8 Å². The van der Waals surface area contributed by atoms with Gasteiger partial charge in [-0.3, -0.25) is 28.7 Å². The Morgan fingerprint density at radius 1 is 0.971 bits per heavy atom. The van der Waals surface area contributed by atoms with E-state index in [4.69, 9.17) is 26.1 Å². The number of rotatable bonds is 19. The van der Waals surface area contributed by atoms with E-state index in [0.717, 1.165) is 54.9 Å². The number of fused-ring (bicyclic) bond motifs is 3. The Balaban J connectivity index is 0.853. The van der Waals surface area contributed by atoms with E-state index in [1.807, 2.05) is 100 Å². The average Bonchev–Trinajstić information content (AvgIpc) is 4.08. The lowest BCUT2D eigenvalue weighted by Gasteiger charge is -2.35. The number of β-amino-alcohol motifs (C(OH)–C–C–N with tert-alkyl or cyclic N) is 1. The van der Waals surface area contributed by atoms with Gasteiger partial charge in [-0.05, 0) is 75.3 Å². The maximum atomic E-state index is 14.2. The van der Waals surface area contributed by atoms with Gasteiger partial charge in [-0.2, -0.15) is 0 Å². The van der Waals surface area contributed by atoms with E-state index < -0.39 is 29.5 Å². The van der Waals surface area contributed by atoms with Crippen molar-refractivity contribution in [3.63, 3.8) is 0 Å². The number of nitrogens with zero attached hydrogens (tertiary/aromatic N) is 7. The first-order valence-corrected chi connectivity index (χ1v) is 25.5. The van der Waals surface area contributed by atoms with Crippen molar-refractivity contribution in [1.29, 1.82) is 0 Å². The van der Waals surface area contributed by atoms with Crippen LogP contribution in [0.15, 0.2) is 59.0 Å². The Hall–Kier alpha value is -5.17. The quantitative estimate of drug-likeness (QED) is 0.0771. The number of carbonyl (C=O) groups excluding carboxylic acids is 4. The van der Waals surface area contributed by atoms with Gasteiger partial charge >= 0.3 is 0 Å². The molecule has 0 spiro atoms. The van der Waals surface area contributed by atoms with Gasteiger partial charge in [0, 0.05) is 66.5 Å². The van der Waals surface area contributed by atoms with E-state index in [1.165, 1.54) is 9.78 Å². The molecule has 7 rings (SSSR count). The molecular weight excluding hydrogens is 936 g/mol. The van der Waals surface area contributed by atoms with Gasteiger partial charge < -0.3 is 29.7 Å². The number of halogens is 1. The van der Waals surface area contributed by atoms with Crippen LogP contribution in [0.5, 0.6) is 0 Å². The summed E-state index contributed by atoms with van der Waals surface area (Å²) in [6.07, 6.45) is -0.153. The molecule has 2 aliphatic rings. The summed E-state index contributed by atoms with van der Waals surface area (Å²) in [6, 6.07) is 13.7. The van der Waals surface area contributed by atoms with Gasteiger partial charge in [0.25, 0.3) is 0 Å². The van der Waals surface area contributed by atoms with Crippen LogP contribution in [0, 0.1) is 39.0 Å². The smallest absolute Gasteiger partial charge is 0.243 e. The number of nitrogens with one attached hydrogen (secondary N) is 1. The fraction of sp³-hybridized carbons (Fsp3) is 0.490. The monoisotopic (exact) mass is 998 g/mol. The second-order valence-electron chi connectivity index (χ2n) is 19.1. The standard InChI is InChI=1S/C51H63ClN8O7S2/c1-29-32(4)69-50-44(29)45(35-15-17-37(52)18-16-35)55-41(47-57-56-33(5)60(47)50)25-43(63)58(9)19-10-20-66-21-22-67-27-39(62)23-40(51(6,7)8)49(65)59-26-38(61)24-42(59)48(64)54-30(2)34-11-13-36(14-12-34)46-31(3)53-28-68-46/h11-18,28,30,38,40-42,61H,10,19-27H2,1-9H3,(H,54,64)/t30-,38+,40?,41-,42-/m0/s1. The van der Waals surface area contributed by atoms with Crippen LogP contribution in [-0.4, -0.2) is 123 Å². The van der Waals surface area contributed by atoms with Crippen LogP contribution in [0.3, 0.4) is 0 Å². The molecule has 1 saturated heterocycles.